The predicted molar refractivity (Wildman–Crippen MR) is 208 cm³/mol. The molecule has 0 bridgehead atoms. The van der Waals surface area contributed by atoms with E-state index in [9.17, 15) is 0 Å². The van der Waals surface area contributed by atoms with Crippen LogP contribution in [0.15, 0.2) is 176 Å². The molecular weight excluding hydrogens is 601 g/mol. The lowest BCUT2D eigenvalue weighted by atomic mass is 9.99. The molecule has 48 heavy (non-hydrogen) atoms. The van der Waals surface area contributed by atoms with Gasteiger partial charge in [-0.15, -0.1) is 0 Å². The number of fused-ring (bicyclic) bond motifs is 6. The highest BCUT2D eigenvalue weighted by Gasteiger charge is 2.25. The zero-order valence-electron chi connectivity index (χ0n) is 26.5. The first kappa shape index (κ1) is 28.3. The van der Waals surface area contributed by atoms with Crippen molar-refractivity contribution in [1.82, 2.24) is 0 Å². The molecule has 0 radical (unpaired) electrons. The molecule has 1 aromatic heterocycles. The number of aryl methyl sites for hydroxylation is 1. The Bertz CT molecular complexity index is 2590. The van der Waals surface area contributed by atoms with E-state index in [2.05, 4.69) is 193 Å². The fourth-order valence-corrected chi connectivity index (χ4v) is 8.38. The Hall–Kier alpha value is -5.90. The first-order valence-electron chi connectivity index (χ1n) is 16.4. The van der Waals surface area contributed by atoms with Crippen LogP contribution in [0.25, 0.3) is 43.1 Å². The minimum atomic E-state index is 1.13. The van der Waals surface area contributed by atoms with Gasteiger partial charge in [-0.05, 0) is 87.3 Å². The summed E-state index contributed by atoms with van der Waals surface area (Å²) < 4.78 is 0. The molecule has 0 amide bonds. The molecule has 0 atom stereocenters. The maximum Gasteiger partial charge on any atom is 0.105 e. The van der Waals surface area contributed by atoms with Crippen molar-refractivity contribution < 1.29 is 0 Å². The van der Waals surface area contributed by atoms with E-state index in [-0.39, 0.29) is 0 Å². The maximum atomic E-state index is 2.46. The lowest BCUT2D eigenvalue weighted by molar-refractivity contribution is 1.30. The van der Waals surface area contributed by atoms with Gasteiger partial charge < -0.3 is 9.80 Å². The molecule has 0 saturated carbocycles. The van der Waals surface area contributed by atoms with Crippen molar-refractivity contribution in [2.45, 2.75) is 6.92 Å². The summed E-state index contributed by atoms with van der Waals surface area (Å²) in [6, 6.07) is 63.7. The average molecular weight is 633 g/mol. The highest BCUT2D eigenvalue weighted by Crippen LogP contribution is 2.51. The molecular formula is C45H32N2S. The molecule has 0 aliphatic carbocycles. The largest absolute Gasteiger partial charge is 0.301 e. The topological polar surface area (TPSA) is 6.48 Å². The average Bonchev–Trinajstić information content (AvgIpc) is 3.52. The number of rotatable bonds is 6. The van der Waals surface area contributed by atoms with Crippen LogP contribution in [0.3, 0.4) is 0 Å². The van der Waals surface area contributed by atoms with Crippen molar-refractivity contribution in [2.75, 3.05) is 9.80 Å². The zero-order valence-corrected chi connectivity index (χ0v) is 27.4. The van der Waals surface area contributed by atoms with E-state index in [4.69, 9.17) is 0 Å². The monoisotopic (exact) mass is 632 g/mol. The van der Waals surface area contributed by atoms with Gasteiger partial charge in [-0.2, -0.15) is 0 Å². The van der Waals surface area contributed by atoms with E-state index < -0.39 is 0 Å². The second kappa shape index (κ2) is 11.7. The van der Waals surface area contributed by atoms with Gasteiger partial charge >= 0.3 is 0 Å². The summed E-state index contributed by atoms with van der Waals surface area (Å²) in [5.41, 5.74) is 5.84. The summed E-state index contributed by atoms with van der Waals surface area (Å²) in [6.07, 6.45) is 0. The molecule has 0 fully saturated rings. The van der Waals surface area contributed by atoms with Crippen molar-refractivity contribution in [3.63, 3.8) is 0 Å². The second-order valence-corrected chi connectivity index (χ2v) is 13.2. The summed E-state index contributed by atoms with van der Waals surface area (Å²) in [7, 11) is 0. The SMILES string of the molecule is Cc1cc(N(c2ccccc2)c2cc3ccccc3c3ccccc23)sc1N(c1ccccc1)c1cc2ccccc2c2ccccc12. The first-order valence-corrected chi connectivity index (χ1v) is 17.2. The van der Waals surface area contributed by atoms with Gasteiger partial charge in [0.25, 0.3) is 0 Å². The van der Waals surface area contributed by atoms with Gasteiger partial charge in [-0.25, -0.2) is 0 Å². The molecule has 1 heterocycles. The molecule has 0 N–H and O–H groups in total. The Labute approximate surface area is 284 Å². The van der Waals surface area contributed by atoms with Crippen LogP contribution in [0.5, 0.6) is 0 Å². The molecule has 228 valence electrons. The first-order chi connectivity index (χ1) is 23.7. The summed E-state index contributed by atoms with van der Waals surface area (Å²) >= 11 is 1.83. The minimum absolute atomic E-state index is 1.13. The maximum absolute atomic E-state index is 2.46. The van der Waals surface area contributed by atoms with Gasteiger partial charge in [-0.1, -0.05) is 145 Å². The van der Waals surface area contributed by atoms with Gasteiger partial charge in [0.05, 0.1) is 11.4 Å². The number of nitrogens with zero attached hydrogens (tertiary/aromatic N) is 2. The Balaban J connectivity index is 1.31. The van der Waals surface area contributed by atoms with Crippen molar-refractivity contribution in [3.05, 3.63) is 181 Å². The van der Waals surface area contributed by atoms with Gasteiger partial charge in [0.1, 0.15) is 10.0 Å². The van der Waals surface area contributed by atoms with Gasteiger partial charge in [0.15, 0.2) is 0 Å². The third-order valence-corrected chi connectivity index (χ3v) is 10.5. The molecule has 0 unspecified atom stereocenters. The number of benzene rings is 8. The molecule has 0 saturated heterocycles. The Morgan fingerprint density at radius 3 is 1.29 bits per heavy atom. The number of thiophene rings is 1. The van der Waals surface area contributed by atoms with E-state index in [1.165, 1.54) is 70.0 Å². The number of hydrogen-bond acceptors (Lipinski definition) is 3. The molecule has 9 aromatic rings. The normalized spacial score (nSPS) is 11.4. The molecule has 0 aliphatic rings. The fraction of sp³-hybridized carbons (Fsp3) is 0.0222. The summed E-state index contributed by atoms with van der Waals surface area (Å²) in [5.74, 6) is 0. The quantitative estimate of drug-likeness (QED) is 0.168. The number of hydrogen-bond donors (Lipinski definition) is 0. The van der Waals surface area contributed by atoms with E-state index in [0.29, 0.717) is 0 Å². The number of anilines is 6. The molecule has 2 nitrogen and oxygen atoms in total. The Kier molecular flexibility index (Phi) is 6.92. The lowest BCUT2D eigenvalue weighted by Crippen LogP contribution is -2.10. The molecule has 0 spiro atoms. The summed E-state index contributed by atoms with van der Waals surface area (Å²) in [5, 5.41) is 12.3. The van der Waals surface area contributed by atoms with Crippen molar-refractivity contribution in [3.8, 4) is 0 Å². The molecule has 3 heteroatoms. The Morgan fingerprint density at radius 2 is 0.771 bits per heavy atom. The third-order valence-electron chi connectivity index (χ3n) is 9.31. The van der Waals surface area contributed by atoms with Crippen LogP contribution in [-0.2, 0) is 0 Å². The Morgan fingerprint density at radius 1 is 0.375 bits per heavy atom. The highest BCUT2D eigenvalue weighted by molar-refractivity contribution is 7.20. The van der Waals surface area contributed by atoms with Gasteiger partial charge in [0, 0.05) is 22.1 Å². The van der Waals surface area contributed by atoms with Crippen LogP contribution in [0.1, 0.15) is 5.56 Å². The van der Waals surface area contributed by atoms with Gasteiger partial charge in [0.2, 0.25) is 0 Å². The minimum Gasteiger partial charge on any atom is -0.301 e. The van der Waals surface area contributed by atoms with E-state index >= 15 is 0 Å². The van der Waals surface area contributed by atoms with Crippen LogP contribution < -0.4 is 9.80 Å². The fourth-order valence-electron chi connectivity index (χ4n) is 7.13. The van der Waals surface area contributed by atoms with E-state index in [1.807, 2.05) is 11.3 Å². The zero-order chi connectivity index (χ0) is 32.0. The number of para-hydroxylation sites is 2. The van der Waals surface area contributed by atoms with Crippen LogP contribution in [0, 0.1) is 6.92 Å². The second-order valence-electron chi connectivity index (χ2n) is 12.2. The molecule has 9 rings (SSSR count). The predicted octanol–water partition coefficient (Wildman–Crippen LogP) is 13.6. The lowest BCUT2D eigenvalue weighted by Gasteiger charge is -2.28. The van der Waals surface area contributed by atoms with Crippen molar-refractivity contribution >= 4 is 87.2 Å². The van der Waals surface area contributed by atoms with Crippen LogP contribution in [-0.4, -0.2) is 0 Å². The standard InChI is InChI=1S/C45H32N2S/c1-31-28-44(46(34-18-4-2-5-19-34)42-29-32-16-8-10-22-36(32)38-24-12-14-26-40(38)42)48-45(31)47(35-20-6-3-7-21-35)43-30-33-17-9-11-23-37(33)39-25-13-15-27-41(39)43/h2-30H,1H3. The van der Waals surface area contributed by atoms with E-state index in [0.717, 1.165) is 11.4 Å². The summed E-state index contributed by atoms with van der Waals surface area (Å²) in [4.78, 5) is 4.90. The van der Waals surface area contributed by atoms with E-state index in [1.54, 1.807) is 0 Å². The van der Waals surface area contributed by atoms with Crippen LogP contribution in [0.2, 0.25) is 0 Å². The smallest absolute Gasteiger partial charge is 0.105 e. The highest BCUT2D eigenvalue weighted by atomic mass is 32.1. The van der Waals surface area contributed by atoms with Gasteiger partial charge in [-0.3, -0.25) is 0 Å². The molecule has 8 aromatic carbocycles. The third kappa shape index (κ3) is 4.71. The van der Waals surface area contributed by atoms with Crippen LogP contribution in [0.4, 0.5) is 32.8 Å². The van der Waals surface area contributed by atoms with Crippen molar-refractivity contribution in [2.24, 2.45) is 0 Å². The van der Waals surface area contributed by atoms with Crippen molar-refractivity contribution in [1.29, 1.82) is 0 Å². The summed E-state index contributed by atoms with van der Waals surface area (Å²) in [6.45, 7) is 2.25. The van der Waals surface area contributed by atoms with Crippen LogP contribution >= 0.6 is 11.3 Å². The molecule has 0 aliphatic heterocycles.